The number of carbonyl (C=O) groups is 1. The van der Waals surface area contributed by atoms with Crippen LogP contribution in [0.2, 0.25) is 0 Å². The summed E-state index contributed by atoms with van der Waals surface area (Å²) < 4.78 is 2.01. The molecule has 1 aliphatic rings. The third-order valence-electron chi connectivity index (χ3n) is 3.10. The molecule has 5 heteroatoms. The van der Waals surface area contributed by atoms with Gasteiger partial charge in [0.2, 0.25) is 0 Å². The van der Waals surface area contributed by atoms with Gasteiger partial charge in [-0.1, -0.05) is 0 Å². The number of hydrogen-bond acceptors (Lipinski definition) is 3. The number of rotatable bonds is 3. The first-order chi connectivity index (χ1) is 8.15. The van der Waals surface area contributed by atoms with Crippen LogP contribution in [0.15, 0.2) is 12.3 Å². The van der Waals surface area contributed by atoms with Crippen molar-refractivity contribution in [1.82, 2.24) is 14.5 Å². The van der Waals surface area contributed by atoms with Gasteiger partial charge in [-0.05, 0) is 24.5 Å². The monoisotopic (exact) mass is 231 g/mol. The van der Waals surface area contributed by atoms with Crippen LogP contribution in [-0.4, -0.2) is 25.6 Å². The lowest BCUT2D eigenvalue weighted by Crippen LogP contribution is -2.01. The lowest BCUT2D eigenvalue weighted by Gasteiger charge is -1.99. The van der Waals surface area contributed by atoms with Crippen molar-refractivity contribution in [3.63, 3.8) is 0 Å². The molecule has 5 nitrogen and oxygen atoms in total. The second-order valence-corrected chi connectivity index (χ2v) is 4.56. The van der Waals surface area contributed by atoms with E-state index in [0.29, 0.717) is 11.5 Å². The largest absolute Gasteiger partial charge is 0.481 e. The van der Waals surface area contributed by atoms with Gasteiger partial charge < -0.3 is 9.67 Å². The Bertz CT molecular complexity index is 599. The summed E-state index contributed by atoms with van der Waals surface area (Å²) in [7, 11) is 1.97. The summed E-state index contributed by atoms with van der Waals surface area (Å²) >= 11 is 0. The van der Waals surface area contributed by atoms with E-state index in [1.807, 2.05) is 17.7 Å². The molecule has 2 aromatic heterocycles. The molecule has 0 saturated heterocycles. The summed E-state index contributed by atoms with van der Waals surface area (Å²) in [6.45, 7) is 0. The van der Waals surface area contributed by atoms with E-state index < -0.39 is 5.97 Å². The fourth-order valence-electron chi connectivity index (χ4n) is 2.11. The van der Waals surface area contributed by atoms with Crippen molar-refractivity contribution in [3.8, 4) is 0 Å². The summed E-state index contributed by atoms with van der Waals surface area (Å²) in [4.78, 5) is 19.5. The Kier molecular flexibility index (Phi) is 2.14. The van der Waals surface area contributed by atoms with E-state index in [1.54, 1.807) is 6.20 Å². The average molecular weight is 231 g/mol. The zero-order chi connectivity index (χ0) is 12.0. The van der Waals surface area contributed by atoms with Gasteiger partial charge in [0.25, 0.3) is 0 Å². The van der Waals surface area contributed by atoms with E-state index in [9.17, 15) is 4.79 Å². The molecular formula is C12H13N3O2. The summed E-state index contributed by atoms with van der Waals surface area (Å²) in [5.74, 6) is 0.793. The maximum Gasteiger partial charge on any atom is 0.307 e. The molecule has 1 fully saturated rings. The summed E-state index contributed by atoms with van der Waals surface area (Å²) in [6.07, 6.45) is 4.01. The highest BCUT2D eigenvalue weighted by Crippen LogP contribution is 2.39. The van der Waals surface area contributed by atoms with Crippen molar-refractivity contribution in [3.05, 3.63) is 23.7 Å². The molecule has 0 unspecified atom stereocenters. The number of imidazole rings is 1. The first-order valence-electron chi connectivity index (χ1n) is 5.68. The van der Waals surface area contributed by atoms with Gasteiger partial charge in [-0.25, -0.2) is 9.97 Å². The smallest absolute Gasteiger partial charge is 0.307 e. The van der Waals surface area contributed by atoms with Gasteiger partial charge in [-0.15, -0.1) is 0 Å². The van der Waals surface area contributed by atoms with Crippen LogP contribution < -0.4 is 0 Å². The van der Waals surface area contributed by atoms with Gasteiger partial charge in [0.1, 0.15) is 11.3 Å². The van der Waals surface area contributed by atoms with Crippen LogP contribution in [0.4, 0.5) is 0 Å². The second kappa shape index (κ2) is 3.55. The predicted octanol–water partition coefficient (Wildman–Crippen LogP) is 1.47. The Morgan fingerprint density at radius 3 is 3.00 bits per heavy atom. The highest BCUT2D eigenvalue weighted by Gasteiger charge is 2.28. The third-order valence-corrected chi connectivity index (χ3v) is 3.10. The van der Waals surface area contributed by atoms with E-state index >= 15 is 0 Å². The van der Waals surface area contributed by atoms with E-state index in [1.165, 1.54) is 12.8 Å². The van der Waals surface area contributed by atoms with Crippen molar-refractivity contribution in [2.24, 2.45) is 7.05 Å². The van der Waals surface area contributed by atoms with Gasteiger partial charge in [0.05, 0.1) is 6.42 Å². The quantitative estimate of drug-likeness (QED) is 0.868. The molecule has 2 aromatic rings. The second-order valence-electron chi connectivity index (χ2n) is 4.56. The molecule has 0 radical (unpaired) electrons. The number of aliphatic carboxylic acids is 1. The Morgan fingerprint density at radius 1 is 1.59 bits per heavy atom. The van der Waals surface area contributed by atoms with Crippen LogP contribution in [0.5, 0.6) is 0 Å². The van der Waals surface area contributed by atoms with Crippen molar-refractivity contribution in [1.29, 1.82) is 0 Å². The van der Waals surface area contributed by atoms with Crippen molar-refractivity contribution >= 4 is 17.1 Å². The predicted molar refractivity (Wildman–Crippen MR) is 61.8 cm³/mol. The van der Waals surface area contributed by atoms with E-state index in [-0.39, 0.29) is 6.42 Å². The van der Waals surface area contributed by atoms with Crippen LogP contribution in [-0.2, 0) is 18.3 Å². The number of nitrogens with zero attached hydrogens (tertiary/aromatic N) is 3. The molecule has 0 aromatic carbocycles. The van der Waals surface area contributed by atoms with Crippen LogP contribution in [0, 0.1) is 0 Å². The molecule has 1 N–H and O–H groups in total. The Balaban J connectivity index is 2.07. The summed E-state index contributed by atoms with van der Waals surface area (Å²) in [6, 6.07) is 1.82. The molecule has 17 heavy (non-hydrogen) atoms. The molecule has 0 atom stereocenters. The van der Waals surface area contributed by atoms with Crippen molar-refractivity contribution < 1.29 is 9.90 Å². The van der Waals surface area contributed by atoms with Gasteiger partial charge >= 0.3 is 5.97 Å². The van der Waals surface area contributed by atoms with Crippen LogP contribution in [0.25, 0.3) is 11.2 Å². The molecule has 0 amide bonds. The highest BCUT2D eigenvalue weighted by atomic mass is 16.4. The van der Waals surface area contributed by atoms with Crippen molar-refractivity contribution in [2.45, 2.75) is 25.2 Å². The van der Waals surface area contributed by atoms with Crippen LogP contribution >= 0.6 is 0 Å². The summed E-state index contributed by atoms with van der Waals surface area (Å²) in [5, 5.41) is 8.74. The van der Waals surface area contributed by atoms with E-state index in [0.717, 1.165) is 17.0 Å². The standard InChI is InChI=1S/C12H13N3O2/c1-15-11(8-2-3-8)14-9-4-7(5-10(16)17)6-13-12(9)15/h4,6,8H,2-3,5H2,1H3,(H,16,17). The number of hydrogen-bond donors (Lipinski definition) is 1. The molecule has 0 aliphatic heterocycles. The molecule has 0 bridgehead atoms. The highest BCUT2D eigenvalue weighted by molar-refractivity contribution is 5.75. The normalized spacial score (nSPS) is 15.4. The number of carboxylic acids is 1. The first kappa shape index (κ1) is 10.3. The maximum absolute atomic E-state index is 10.6. The molecule has 2 heterocycles. The number of aromatic nitrogens is 3. The lowest BCUT2D eigenvalue weighted by atomic mass is 10.2. The van der Waals surface area contributed by atoms with Gasteiger partial charge in [-0.3, -0.25) is 4.79 Å². The molecular weight excluding hydrogens is 218 g/mol. The number of fused-ring (bicyclic) bond motifs is 1. The fraction of sp³-hybridized carbons (Fsp3) is 0.417. The third kappa shape index (κ3) is 1.77. The van der Waals surface area contributed by atoms with Gasteiger partial charge in [0, 0.05) is 19.2 Å². The minimum Gasteiger partial charge on any atom is -0.481 e. The fourth-order valence-corrected chi connectivity index (χ4v) is 2.11. The zero-order valence-electron chi connectivity index (χ0n) is 9.55. The minimum absolute atomic E-state index is 0.00171. The number of aryl methyl sites for hydroxylation is 1. The SMILES string of the molecule is Cn1c(C2CC2)nc2cc(CC(=O)O)cnc21. The Morgan fingerprint density at radius 2 is 2.35 bits per heavy atom. The number of carboxylic acid groups (broad SMARTS) is 1. The molecule has 88 valence electrons. The molecule has 1 saturated carbocycles. The minimum atomic E-state index is -0.843. The van der Waals surface area contributed by atoms with Crippen LogP contribution in [0.1, 0.15) is 30.1 Å². The maximum atomic E-state index is 10.6. The molecule has 0 spiro atoms. The average Bonchev–Trinajstić information content (AvgIpc) is 3.04. The zero-order valence-corrected chi connectivity index (χ0v) is 9.55. The molecule has 3 rings (SSSR count). The van der Waals surface area contributed by atoms with Gasteiger partial charge in [-0.2, -0.15) is 0 Å². The van der Waals surface area contributed by atoms with E-state index in [4.69, 9.17) is 5.11 Å². The van der Waals surface area contributed by atoms with Gasteiger partial charge in [0.15, 0.2) is 5.65 Å². The first-order valence-corrected chi connectivity index (χ1v) is 5.68. The number of pyridine rings is 1. The topological polar surface area (TPSA) is 68.0 Å². The summed E-state index contributed by atoms with van der Waals surface area (Å²) in [5.41, 5.74) is 2.33. The van der Waals surface area contributed by atoms with Crippen LogP contribution in [0.3, 0.4) is 0 Å². The van der Waals surface area contributed by atoms with E-state index in [2.05, 4.69) is 9.97 Å². The Hall–Kier alpha value is -1.91. The lowest BCUT2D eigenvalue weighted by molar-refractivity contribution is -0.136. The Labute approximate surface area is 98.1 Å². The molecule has 1 aliphatic carbocycles. The van der Waals surface area contributed by atoms with Crippen molar-refractivity contribution in [2.75, 3.05) is 0 Å².